The number of hydrogen-bond donors (Lipinski definition) is 1. The highest BCUT2D eigenvalue weighted by Crippen LogP contribution is 2.25. The Labute approximate surface area is 92.6 Å². The quantitative estimate of drug-likeness (QED) is 0.768. The van der Waals surface area contributed by atoms with Crippen LogP contribution in [-0.2, 0) is 0 Å². The number of carbonyl (C=O) groups excluding carboxylic acids is 1. The molecule has 1 fully saturated rings. The fourth-order valence-corrected chi connectivity index (χ4v) is 3.14. The van der Waals surface area contributed by atoms with Gasteiger partial charge in [-0.3, -0.25) is 4.79 Å². The van der Waals surface area contributed by atoms with Gasteiger partial charge in [-0.1, -0.05) is 13.8 Å². The molecule has 82 valence electrons. The van der Waals surface area contributed by atoms with Gasteiger partial charge in [-0.15, -0.1) is 0 Å². The Hall–Kier alpha value is -1.04. The first-order chi connectivity index (χ1) is 7.16. The van der Waals surface area contributed by atoms with Gasteiger partial charge in [0.2, 0.25) is 0 Å². The maximum absolute atomic E-state index is 11.9. The van der Waals surface area contributed by atoms with E-state index in [0.717, 1.165) is 13.1 Å². The lowest BCUT2D eigenvalue weighted by atomic mass is 10.3. The molecule has 6 heteroatoms. The molecule has 1 amide bonds. The first-order valence-corrected chi connectivity index (χ1v) is 5.91. The number of rotatable bonds is 1. The Kier molecular flexibility index (Phi) is 2.95. The minimum atomic E-state index is -0.0252. The van der Waals surface area contributed by atoms with Gasteiger partial charge >= 0.3 is 0 Å². The molecule has 0 saturated carbocycles. The molecule has 1 aromatic heterocycles. The normalized spacial score (nSPS) is 26.7. The molecule has 0 aromatic carbocycles. The van der Waals surface area contributed by atoms with Crippen LogP contribution in [0.5, 0.6) is 0 Å². The second-order valence-corrected chi connectivity index (χ2v) is 5.70. The maximum Gasteiger partial charge on any atom is 0.276 e. The van der Waals surface area contributed by atoms with Gasteiger partial charge in [0.25, 0.3) is 5.91 Å². The van der Waals surface area contributed by atoms with Crippen LogP contribution in [0.2, 0.25) is 0 Å². The van der Waals surface area contributed by atoms with E-state index in [9.17, 15) is 4.79 Å². The van der Waals surface area contributed by atoms with E-state index in [1.54, 1.807) is 0 Å². The van der Waals surface area contributed by atoms with E-state index in [1.807, 2.05) is 16.7 Å². The van der Waals surface area contributed by atoms with Crippen LogP contribution in [0.3, 0.4) is 0 Å². The SMILES string of the molecule is CC1CN(C(=O)c2cn[nH]n2)CC(C)S1. The van der Waals surface area contributed by atoms with Crippen LogP contribution in [0, 0.1) is 0 Å². The molecule has 0 bridgehead atoms. The average Bonchev–Trinajstić information content (AvgIpc) is 2.67. The van der Waals surface area contributed by atoms with Gasteiger partial charge in [-0.25, -0.2) is 0 Å². The minimum absolute atomic E-state index is 0.0252. The Morgan fingerprint density at radius 3 is 2.73 bits per heavy atom. The van der Waals surface area contributed by atoms with Crippen LogP contribution in [0.25, 0.3) is 0 Å². The van der Waals surface area contributed by atoms with Crippen molar-refractivity contribution in [2.75, 3.05) is 13.1 Å². The molecule has 1 aliphatic heterocycles. The van der Waals surface area contributed by atoms with Crippen LogP contribution in [0.15, 0.2) is 6.20 Å². The molecule has 15 heavy (non-hydrogen) atoms. The van der Waals surface area contributed by atoms with Gasteiger partial charge in [0.15, 0.2) is 5.69 Å². The predicted octanol–water partition coefficient (Wildman–Crippen LogP) is 0.771. The van der Waals surface area contributed by atoms with Crippen molar-refractivity contribution >= 4 is 17.7 Å². The third-order valence-corrected chi connectivity index (χ3v) is 3.57. The third-order valence-electron chi connectivity index (χ3n) is 2.34. The fraction of sp³-hybridized carbons (Fsp3) is 0.667. The highest BCUT2D eigenvalue weighted by atomic mass is 32.2. The van der Waals surface area contributed by atoms with E-state index >= 15 is 0 Å². The van der Waals surface area contributed by atoms with Gasteiger partial charge in [0.05, 0.1) is 6.20 Å². The van der Waals surface area contributed by atoms with Gasteiger partial charge in [0.1, 0.15) is 0 Å². The first kappa shape index (κ1) is 10.5. The van der Waals surface area contributed by atoms with Crippen molar-refractivity contribution in [1.29, 1.82) is 0 Å². The number of nitrogens with zero attached hydrogens (tertiary/aromatic N) is 3. The number of hydrogen-bond acceptors (Lipinski definition) is 4. The summed E-state index contributed by atoms with van der Waals surface area (Å²) in [4.78, 5) is 13.8. The first-order valence-electron chi connectivity index (χ1n) is 4.97. The van der Waals surface area contributed by atoms with Crippen LogP contribution in [0.4, 0.5) is 0 Å². The predicted molar refractivity (Wildman–Crippen MR) is 58.8 cm³/mol. The number of H-pyrrole nitrogens is 1. The second-order valence-electron chi connectivity index (χ2n) is 3.82. The Morgan fingerprint density at radius 2 is 2.20 bits per heavy atom. The van der Waals surface area contributed by atoms with E-state index in [1.165, 1.54) is 6.20 Å². The number of aromatic amines is 1. The summed E-state index contributed by atoms with van der Waals surface area (Å²) in [6.07, 6.45) is 1.47. The molecule has 2 unspecified atom stereocenters. The van der Waals surface area contributed by atoms with Crippen molar-refractivity contribution in [3.8, 4) is 0 Å². The van der Waals surface area contributed by atoms with E-state index in [-0.39, 0.29) is 5.91 Å². The van der Waals surface area contributed by atoms with Crippen LogP contribution in [0.1, 0.15) is 24.3 Å². The molecule has 2 heterocycles. The molecule has 0 spiro atoms. The third kappa shape index (κ3) is 2.31. The summed E-state index contributed by atoms with van der Waals surface area (Å²) in [5, 5.41) is 10.9. The fourth-order valence-electron chi connectivity index (χ4n) is 1.81. The summed E-state index contributed by atoms with van der Waals surface area (Å²) in [5.74, 6) is -0.0252. The molecule has 1 saturated heterocycles. The van der Waals surface area contributed by atoms with Gasteiger partial charge < -0.3 is 4.90 Å². The van der Waals surface area contributed by atoms with Crippen LogP contribution in [-0.4, -0.2) is 49.8 Å². The molecular formula is C9H14N4OS. The lowest BCUT2D eigenvalue weighted by molar-refractivity contribution is 0.0747. The smallest absolute Gasteiger partial charge is 0.276 e. The van der Waals surface area contributed by atoms with Crippen molar-refractivity contribution in [3.63, 3.8) is 0 Å². The summed E-state index contributed by atoms with van der Waals surface area (Å²) in [7, 11) is 0. The summed E-state index contributed by atoms with van der Waals surface area (Å²) in [5.41, 5.74) is 0.404. The second kappa shape index (κ2) is 4.22. The summed E-state index contributed by atoms with van der Waals surface area (Å²) in [6, 6.07) is 0. The average molecular weight is 226 g/mol. The lowest BCUT2D eigenvalue weighted by Gasteiger charge is -2.34. The van der Waals surface area contributed by atoms with Crippen molar-refractivity contribution in [2.45, 2.75) is 24.3 Å². The van der Waals surface area contributed by atoms with E-state index in [0.29, 0.717) is 16.2 Å². The van der Waals surface area contributed by atoms with E-state index in [2.05, 4.69) is 29.3 Å². The summed E-state index contributed by atoms with van der Waals surface area (Å²) >= 11 is 1.92. The topological polar surface area (TPSA) is 61.9 Å². The lowest BCUT2D eigenvalue weighted by Crippen LogP contribution is -2.44. The Bertz CT molecular complexity index is 330. The standard InChI is InChI=1S/C9H14N4OS/c1-6-4-13(5-7(2)15-6)9(14)8-3-10-12-11-8/h3,6-7H,4-5H2,1-2H3,(H,10,11,12). The van der Waals surface area contributed by atoms with Crippen LogP contribution >= 0.6 is 11.8 Å². The van der Waals surface area contributed by atoms with Crippen LogP contribution < -0.4 is 0 Å². The van der Waals surface area contributed by atoms with Crippen molar-refractivity contribution in [1.82, 2.24) is 20.3 Å². The zero-order chi connectivity index (χ0) is 10.8. The molecule has 2 rings (SSSR count). The zero-order valence-electron chi connectivity index (χ0n) is 8.80. The van der Waals surface area contributed by atoms with Gasteiger partial charge in [0, 0.05) is 23.6 Å². The Morgan fingerprint density at radius 1 is 1.53 bits per heavy atom. The number of carbonyl (C=O) groups is 1. The molecule has 0 aliphatic carbocycles. The minimum Gasteiger partial charge on any atom is -0.335 e. The van der Waals surface area contributed by atoms with Crippen molar-refractivity contribution in [2.24, 2.45) is 0 Å². The largest absolute Gasteiger partial charge is 0.335 e. The van der Waals surface area contributed by atoms with Crippen molar-refractivity contribution in [3.05, 3.63) is 11.9 Å². The molecule has 2 atom stereocenters. The van der Waals surface area contributed by atoms with E-state index < -0.39 is 0 Å². The molecule has 1 aromatic rings. The molecular weight excluding hydrogens is 212 g/mol. The highest BCUT2D eigenvalue weighted by Gasteiger charge is 2.27. The molecule has 1 aliphatic rings. The molecule has 0 radical (unpaired) electrons. The summed E-state index contributed by atoms with van der Waals surface area (Å²) in [6.45, 7) is 5.87. The molecule has 1 N–H and O–H groups in total. The number of thioether (sulfide) groups is 1. The van der Waals surface area contributed by atoms with Crippen molar-refractivity contribution < 1.29 is 4.79 Å². The zero-order valence-corrected chi connectivity index (χ0v) is 9.62. The Balaban J connectivity index is 2.07. The van der Waals surface area contributed by atoms with E-state index in [4.69, 9.17) is 0 Å². The number of aromatic nitrogens is 3. The summed E-state index contributed by atoms with van der Waals surface area (Å²) < 4.78 is 0. The number of amides is 1. The maximum atomic E-state index is 11.9. The van der Waals surface area contributed by atoms with Gasteiger partial charge in [-0.05, 0) is 0 Å². The highest BCUT2D eigenvalue weighted by molar-refractivity contribution is 8.00. The number of nitrogens with one attached hydrogen (secondary N) is 1. The van der Waals surface area contributed by atoms with Gasteiger partial charge in [-0.2, -0.15) is 27.2 Å². The monoisotopic (exact) mass is 226 g/mol. The molecule has 5 nitrogen and oxygen atoms in total.